The van der Waals surface area contributed by atoms with E-state index in [1.807, 2.05) is 6.20 Å². The lowest BCUT2D eigenvalue weighted by Crippen LogP contribution is -2.33. The molecule has 1 aromatic rings. The third-order valence-electron chi connectivity index (χ3n) is 2.92. The van der Waals surface area contributed by atoms with Gasteiger partial charge in [0.05, 0.1) is 5.75 Å². The number of aliphatic carboxylic acids is 1. The first-order chi connectivity index (χ1) is 9.25. The normalized spacial score (nSPS) is 12.1. The van der Waals surface area contributed by atoms with Gasteiger partial charge in [0.2, 0.25) is 0 Å². The molecule has 1 heterocycles. The lowest BCUT2D eigenvalue weighted by atomic mass is 9.92. The number of hydrogen-bond acceptors (Lipinski definition) is 4. The highest BCUT2D eigenvalue weighted by atomic mass is 32.2. The Bertz CT molecular complexity index is 455. The zero-order valence-corrected chi connectivity index (χ0v) is 13.8. The van der Waals surface area contributed by atoms with Crippen LogP contribution in [-0.2, 0) is 17.8 Å². The Morgan fingerprint density at radius 1 is 1.50 bits per heavy atom. The largest absolute Gasteiger partial charge is 0.481 e. The molecule has 1 rings (SSSR count). The van der Waals surface area contributed by atoms with E-state index in [1.54, 1.807) is 0 Å². The van der Waals surface area contributed by atoms with Gasteiger partial charge in [-0.1, -0.05) is 32.5 Å². The van der Waals surface area contributed by atoms with Gasteiger partial charge in [0.15, 0.2) is 5.16 Å². The topological polar surface area (TPSA) is 58.4 Å². The lowest BCUT2D eigenvalue weighted by Gasteiger charge is -2.30. The van der Waals surface area contributed by atoms with Crippen molar-refractivity contribution < 1.29 is 9.90 Å². The molecule has 0 saturated carbocycles. The maximum atomic E-state index is 10.7. The Balaban J connectivity index is 2.90. The predicted octanol–water partition coefficient (Wildman–Crippen LogP) is 2.21. The number of imidazole rings is 1. The average Bonchev–Trinajstić information content (AvgIpc) is 2.66. The van der Waals surface area contributed by atoms with Crippen LogP contribution in [0.2, 0.25) is 0 Å². The van der Waals surface area contributed by atoms with Crippen LogP contribution in [0, 0.1) is 5.41 Å². The van der Waals surface area contributed by atoms with E-state index < -0.39 is 5.97 Å². The summed E-state index contributed by atoms with van der Waals surface area (Å²) in [5.74, 6) is -0.760. The highest BCUT2D eigenvalue weighted by Crippen LogP contribution is 2.25. The Morgan fingerprint density at radius 2 is 2.15 bits per heavy atom. The second-order valence-corrected chi connectivity index (χ2v) is 7.00. The summed E-state index contributed by atoms with van der Waals surface area (Å²) in [6.45, 7) is 8.35. The molecule has 0 unspecified atom stereocenters. The number of carbonyl (C=O) groups is 1. The van der Waals surface area contributed by atoms with Crippen molar-refractivity contribution in [2.75, 3.05) is 26.4 Å². The van der Waals surface area contributed by atoms with E-state index >= 15 is 0 Å². The molecule has 0 saturated heterocycles. The van der Waals surface area contributed by atoms with Gasteiger partial charge in [-0.3, -0.25) is 4.79 Å². The van der Waals surface area contributed by atoms with Crippen molar-refractivity contribution in [3.63, 3.8) is 0 Å². The summed E-state index contributed by atoms with van der Waals surface area (Å²) in [5.41, 5.74) is 1.26. The molecule has 0 fully saturated rings. The summed E-state index contributed by atoms with van der Waals surface area (Å²) in [5, 5.41) is 9.62. The van der Waals surface area contributed by atoms with Crippen molar-refractivity contribution in [3.05, 3.63) is 11.9 Å². The van der Waals surface area contributed by atoms with Crippen molar-refractivity contribution in [3.8, 4) is 0 Å². The number of carboxylic acid groups (broad SMARTS) is 1. The van der Waals surface area contributed by atoms with E-state index in [2.05, 4.69) is 49.3 Å². The van der Waals surface area contributed by atoms with Crippen LogP contribution < -0.4 is 0 Å². The number of hydrogen-bond donors (Lipinski definition) is 1. The highest BCUT2D eigenvalue weighted by Gasteiger charge is 2.23. The third-order valence-corrected chi connectivity index (χ3v) is 3.89. The Kier molecular flexibility index (Phi) is 6.07. The summed E-state index contributed by atoms with van der Waals surface area (Å²) in [7, 11) is 4.13. The van der Waals surface area contributed by atoms with E-state index in [0.29, 0.717) is 0 Å². The summed E-state index contributed by atoms with van der Waals surface area (Å²) < 4.78 is 2.16. The SMILES string of the molecule is CCc1cnc(SCC(=O)O)n1CC(C)(C)CN(C)C. The molecule has 0 aliphatic carbocycles. The van der Waals surface area contributed by atoms with Gasteiger partial charge in [0, 0.05) is 25.0 Å². The first-order valence-electron chi connectivity index (χ1n) is 6.79. The lowest BCUT2D eigenvalue weighted by molar-refractivity contribution is -0.133. The molecule has 1 N–H and O–H groups in total. The molecular formula is C14H25N3O2S. The van der Waals surface area contributed by atoms with Crippen LogP contribution >= 0.6 is 11.8 Å². The Hall–Kier alpha value is -1.01. The monoisotopic (exact) mass is 299 g/mol. The van der Waals surface area contributed by atoms with Crippen molar-refractivity contribution in [2.24, 2.45) is 5.41 Å². The molecule has 0 bridgehead atoms. The number of rotatable bonds is 8. The van der Waals surface area contributed by atoms with Gasteiger partial charge in [-0.2, -0.15) is 0 Å². The van der Waals surface area contributed by atoms with Crippen molar-refractivity contribution in [1.29, 1.82) is 0 Å². The Labute approximate surface area is 125 Å². The number of thioether (sulfide) groups is 1. The zero-order valence-electron chi connectivity index (χ0n) is 13.0. The molecule has 20 heavy (non-hydrogen) atoms. The summed E-state index contributed by atoms with van der Waals surface area (Å²) in [6, 6.07) is 0. The smallest absolute Gasteiger partial charge is 0.313 e. The van der Waals surface area contributed by atoms with Crippen molar-refractivity contribution in [2.45, 2.75) is 38.9 Å². The molecule has 5 nitrogen and oxygen atoms in total. The van der Waals surface area contributed by atoms with E-state index in [-0.39, 0.29) is 11.2 Å². The molecule has 0 aromatic carbocycles. The maximum Gasteiger partial charge on any atom is 0.313 e. The van der Waals surface area contributed by atoms with Crippen molar-refractivity contribution >= 4 is 17.7 Å². The quantitative estimate of drug-likeness (QED) is 0.746. The fraction of sp³-hybridized carbons (Fsp3) is 0.714. The van der Waals surface area contributed by atoms with Gasteiger partial charge in [-0.15, -0.1) is 0 Å². The van der Waals surface area contributed by atoms with Crippen LogP contribution in [0.25, 0.3) is 0 Å². The van der Waals surface area contributed by atoms with E-state index in [9.17, 15) is 4.79 Å². The zero-order chi connectivity index (χ0) is 15.3. The van der Waals surface area contributed by atoms with Crippen LogP contribution in [0.1, 0.15) is 26.5 Å². The summed E-state index contributed by atoms with van der Waals surface area (Å²) in [4.78, 5) is 17.3. The first kappa shape index (κ1) is 17.0. The standard InChI is InChI=1S/C14H25N3O2S/c1-6-11-7-15-13(20-8-12(18)19)17(11)10-14(2,3)9-16(4)5/h7H,6,8-10H2,1-5H3,(H,18,19). The molecule has 0 radical (unpaired) electrons. The number of aromatic nitrogens is 2. The van der Waals surface area contributed by atoms with Gasteiger partial charge < -0.3 is 14.6 Å². The van der Waals surface area contributed by atoms with Crippen LogP contribution in [0.3, 0.4) is 0 Å². The minimum Gasteiger partial charge on any atom is -0.481 e. The number of aryl methyl sites for hydroxylation is 1. The molecule has 0 amide bonds. The first-order valence-corrected chi connectivity index (χ1v) is 7.77. The van der Waals surface area contributed by atoms with Crippen LogP contribution in [0.15, 0.2) is 11.4 Å². The predicted molar refractivity (Wildman–Crippen MR) is 82.3 cm³/mol. The third kappa shape index (κ3) is 5.17. The fourth-order valence-electron chi connectivity index (χ4n) is 2.42. The van der Waals surface area contributed by atoms with Gasteiger partial charge in [-0.25, -0.2) is 4.98 Å². The minimum absolute atomic E-state index is 0.0499. The summed E-state index contributed by atoms with van der Waals surface area (Å²) >= 11 is 1.29. The number of nitrogens with zero attached hydrogens (tertiary/aromatic N) is 3. The van der Waals surface area contributed by atoms with Crippen molar-refractivity contribution in [1.82, 2.24) is 14.5 Å². The van der Waals surface area contributed by atoms with Gasteiger partial charge in [0.25, 0.3) is 0 Å². The molecule has 6 heteroatoms. The van der Waals surface area contributed by atoms with Gasteiger partial charge in [0.1, 0.15) is 0 Å². The molecule has 1 aromatic heterocycles. The fourth-order valence-corrected chi connectivity index (χ4v) is 3.14. The minimum atomic E-state index is -0.810. The van der Waals surface area contributed by atoms with Gasteiger partial charge >= 0.3 is 5.97 Å². The van der Waals surface area contributed by atoms with E-state index in [4.69, 9.17) is 5.11 Å². The maximum absolute atomic E-state index is 10.7. The van der Waals surface area contributed by atoms with E-state index in [0.717, 1.165) is 30.4 Å². The molecular weight excluding hydrogens is 274 g/mol. The van der Waals surface area contributed by atoms with Crippen LogP contribution in [0.5, 0.6) is 0 Å². The molecule has 0 atom stereocenters. The molecule has 114 valence electrons. The van der Waals surface area contributed by atoms with Gasteiger partial charge in [-0.05, 0) is 25.9 Å². The number of carboxylic acids is 1. The second kappa shape index (κ2) is 7.13. The molecule has 0 aliphatic heterocycles. The van der Waals surface area contributed by atoms with E-state index in [1.165, 1.54) is 11.8 Å². The van der Waals surface area contributed by atoms with Crippen LogP contribution in [0.4, 0.5) is 0 Å². The van der Waals surface area contributed by atoms with Crippen LogP contribution in [-0.4, -0.2) is 51.9 Å². The second-order valence-electron chi connectivity index (χ2n) is 6.06. The highest BCUT2D eigenvalue weighted by molar-refractivity contribution is 7.99. The average molecular weight is 299 g/mol. The molecule has 0 aliphatic rings. The Morgan fingerprint density at radius 3 is 2.65 bits per heavy atom. The molecule has 0 spiro atoms. The summed E-state index contributed by atoms with van der Waals surface area (Å²) in [6.07, 6.45) is 2.76.